The van der Waals surface area contributed by atoms with E-state index in [4.69, 9.17) is 47.4 Å². The molecule has 600 valence electrons. The van der Waals surface area contributed by atoms with Gasteiger partial charge in [0.2, 0.25) is 29.4 Å². The van der Waals surface area contributed by atoms with Gasteiger partial charge in [-0.25, -0.2) is 4.98 Å². The number of quaternary nitrogens is 1. The van der Waals surface area contributed by atoms with Crippen LogP contribution in [0.3, 0.4) is 0 Å². The second-order valence-electron chi connectivity index (χ2n) is 26.6. The number of hydrogen-bond acceptors (Lipinski definition) is 34. The molecular formula is C65H112N6O32S. The summed E-state index contributed by atoms with van der Waals surface area (Å²) in [5, 5.41) is 203. The molecule has 0 radical (unpaired) electrons. The molecule has 104 heavy (non-hydrogen) atoms. The molecule has 0 aromatic carbocycles. The van der Waals surface area contributed by atoms with Gasteiger partial charge in [0.1, 0.15) is 122 Å². The summed E-state index contributed by atoms with van der Waals surface area (Å²) in [5.74, 6) is -8.64. The third kappa shape index (κ3) is 25.1. The summed E-state index contributed by atoms with van der Waals surface area (Å²) in [6, 6.07) is -5.04. The van der Waals surface area contributed by atoms with Crippen LogP contribution in [-0.4, -0.2) is 327 Å². The Balaban J connectivity index is 0.0000194. The fraction of sp³-hybridized carbons (Fsp3) is 0.846. The molecule has 24 N–H and O–H groups in total. The van der Waals surface area contributed by atoms with Crippen LogP contribution >= 0.6 is 11.3 Å². The Morgan fingerprint density at radius 1 is 0.606 bits per heavy atom. The largest absolute Gasteiger partial charge is 0.544 e. The number of aliphatic carboxylic acids is 1. The number of unbranched alkanes of at least 4 members (excludes halogenated alkanes) is 14. The highest BCUT2D eigenvalue weighted by molar-refractivity contribution is 7.14. The second-order valence-corrected chi connectivity index (χ2v) is 27.5. The van der Waals surface area contributed by atoms with Crippen molar-refractivity contribution in [2.24, 2.45) is 0 Å². The number of ether oxygens (including phenoxy) is 10. The van der Waals surface area contributed by atoms with Crippen molar-refractivity contribution >= 4 is 52.1 Å². The molecule has 5 aliphatic rings. The normalized spacial score (nSPS) is 35.1. The van der Waals surface area contributed by atoms with Crippen LogP contribution in [-0.2, 0) is 71.3 Å². The Kier molecular flexibility index (Phi) is 38.5. The quantitative estimate of drug-likeness (QED) is 0.0271. The number of carboxylic acids is 1. The first-order valence-electron chi connectivity index (χ1n) is 35.1. The lowest BCUT2D eigenvalue weighted by Crippen LogP contribution is -2.73. The average Bonchev–Trinajstić information content (AvgIpc) is 0.760. The van der Waals surface area contributed by atoms with Crippen LogP contribution in [0.15, 0.2) is 11.5 Å². The highest BCUT2D eigenvalue weighted by Gasteiger charge is 2.61. The Hall–Kier alpha value is -4.36. The number of hydrogen-bond donors (Lipinski definition) is 21. The van der Waals surface area contributed by atoms with Crippen molar-refractivity contribution in [3.05, 3.63) is 17.2 Å². The molecule has 1 aromatic heterocycles. The maximum absolute atomic E-state index is 13.7. The van der Waals surface area contributed by atoms with Crippen LogP contribution in [0, 0.1) is 0 Å². The monoisotopic (exact) mass is 1520 g/mol. The van der Waals surface area contributed by atoms with Crippen LogP contribution < -0.4 is 32.5 Å². The summed E-state index contributed by atoms with van der Waals surface area (Å²) >= 11 is 1.10. The summed E-state index contributed by atoms with van der Waals surface area (Å²) in [7, 11) is 0. The van der Waals surface area contributed by atoms with Gasteiger partial charge in [-0.3, -0.25) is 19.2 Å². The fourth-order valence-corrected chi connectivity index (χ4v) is 13.6. The molecule has 0 bridgehead atoms. The minimum absolute atomic E-state index is 0. The second kappa shape index (κ2) is 44.3. The molecule has 4 amide bonds. The SMILES string of the molecule is CCCCCCCCCCCCCCCCCC(=O)N[C@@H](CO[C@@H]1O[C@H](CO)[C@@H](O[C@@H]2O[C@H](CO)[C@H](O[C@@H]3O[C@H](CO)[C@H](O)[C@H](O[C@@H]4O[C@H](CO)[C@H](O)[C@H](O)[C@H]4O)[C@H]3NC(C)=O)[C@H](O[C@]3(C(=O)[O-])C[C@H](O)C(NC(C)=O)C([C@H](O)[C@H](O)CO)O3)[C@H]2O)[C@H](O)[C@H]1O)[C@H](O)/C=C/c1csc(NC(C)=O)n1.[NH4+]. The molecule has 0 aliphatic carbocycles. The summed E-state index contributed by atoms with van der Waals surface area (Å²) < 4.78 is 59.5. The van der Waals surface area contributed by atoms with Crippen molar-refractivity contribution < 1.29 is 158 Å². The maximum atomic E-state index is 13.7. The van der Waals surface area contributed by atoms with Crippen molar-refractivity contribution in [2.75, 3.05) is 45.0 Å². The van der Waals surface area contributed by atoms with E-state index in [1.165, 1.54) is 76.9 Å². The number of aliphatic hydroxyl groups is 16. The van der Waals surface area contributed by atoms with E-state index in [1.807, 2.05) is 0 Å². The van der Waals surface area contributed by atoms with E-state index >= 15 is 0 Å². The first kappa shape index (κ1) is 90.3. The molecule has 5 fully saturated rings. The van der Waals surface area contributed by atoms with Gasteiger partial charge in [-0.2, -0.15) is 0 Å². The number of thiazole rings is 1. The number of carbonyl (C=O) groups is 5. The van der Waals surface area contributed by atoms with Crippen LogP contribution in [0.1, 0.15) is 143 Å². The minimum Gasteiger partial charge on any atom is -0.544 e. The zero-order valence-electron chi connectivity index (χ0n) is 59.1. The standard InChI is InChI=1S/C65H109N5O32S.H3N/c1-5-6-7-8-9-10-11-12-13-14-15-16-17-18-19-20-43(82)70-35(36(79)22-21-34-30-103-64(69-34)68-33(4)78)29-93-60-52(89)50(87)54(41(27-74)96-60)98-62-53(90)58(102-65(63(91)92)23-37(80)44(66-31(2)76)57(101-65)46(83)38(81)24-71)55(42(28-75)97-62)99-59-45(67-32(3)77)56(48(85)40(26-73)94-59)100-61-51(88)49(86)47(84)39(25-72)95-61;/h21-22,30,35-42,44-62,71-75,79-81,83-90H,5-20,23-29H2,1-4H3,(H,66,76)(H,67,77)(H,70,82)(H,91,92)(H,68,69,78);1H3/b22-21+;/t35-,36+,37-,38+,39+,40+,41+,42+,44?,45+,46+,47-,48-,49-,50+,51+,52+,53+,54+,55-,56+,57?,58+,59-,60+,61-,62-,65-;/m0./s1. The number of aliphatic hydroxyl groups excluding tert-OH is 16. The summed E-state index contributed by atoms with van der Waals surface area (Å²) in [6.07, 6.45) is -32.6. The zero-order chi connectivity index (χ0) is 75.8. The molecule has 1 aromatic rings. The topological polar surface area (TPSA) is 622 Å². The lowest BCUT2D eigenvalue weighted by atomic mass is 9.88. The third-order valence-corrected chi connectivity index (χ3v) is 19.3. The molecule has 6 heterocycles. The predicted octanol–water partition coefficient (Wildman–Crippen LogP) is -6.13. The molecular weight excluding hydrogens is 1410 g/mol. The van der Waals surface area contributed by atoms with E-state index in [0.29, 0.717) is 12.1 Å². The van der Waals surface area contributed by atoms with Crippen molar-refractivity contribution in [3.63, 3.8) is 0 Å². The third-order valence-electron chi connectivity index (χ3n) is 18.5. The van der Waals surface area contributed by atoms with Gasteiger partial charge in [0, 0.05) is 39.0 Å². The summed E-state index contributed by atoms with van der Waals surface area (Å²) in [6.45, 7) is -0.935. The number of carbonyl (C=O) groups excluding carboxylic acids is 5. The average molecular weight is 1520 g/mol. The van der Waals surface area contributed by atoms with Gasteiger partial charge in [0.05, 0.1) is 69.6 Å². The number of anilines is 1. The van der Waals surface area contributed by atoms with Gasteiger partial charge < -0.3 is 166 Å². The minimum atomic E-state index is -3.51. The molecule has 39 heteroatoms. The molecule has 38 nitrogen and oxygen atoms in total. The van der Waals surface area contributed by atoms with E-state index in [-0.39, 0.29) is 23.6 Å². The van der Waals surface area contributed by atoms with Crippen LogP contribution in [0.4, 0.5) is 5.13 Å². The van der Waals surface area contributed by atoms with Crippen LogP contribution in [0.5, 0.6) is 0 Å². The van der Waals surface area contributed by atoms with E-state index in [0.717, 1.165) is 57.3 Å². The van der Waals surface area contributed by atoms with Gasteiger partial charge in [-0.05, 0) is 12.5 Å². The first-order chi connectivity index (χ1) is 49.1. The molecule has 5 saturated heterocycles. The van der Waals surface area contributed by atoms with E-state index in [1.54, 1.807) is 5.38 Å². The van der Waals surface area contributed by atoms with E-state index in [9.17, 15) is 111 Å². The smallest absolute Gasteiger partial charge is 0.223 e. The number of rotatable bonds is 42. The van der Waals surface area contributed by atoms with Crippen LogP contribution in [0.25, 0.3) is 6.08 Å². The Bertz CT molecular complexity index is 2750. The zero-order valence-corrected chi connectivity index (χ0v) is 59.9. The van der Waals surface area contributed by atoms with Gasteiger partial charge in [0.15, 0.2) is 30.3 Å². The lowest BCUT2D eigenvalue weighted by Gasteiger charge is -2.54. The Labute approximate surface area is 605 Å². The lowest BCUT2D eigenvalue weighted by molar-refractivity contribution is -0.421. The van der Waals surface area contributed by atoms with Crippen molar-refractivity contribution in [1.82, 2.24) is 27.1 Å². The Morgan fingerprint density at radius 3 is 1.66 bits per heavy atom. The Morgan fingerprint density at radius 2 is 1.11 bits per heavy atom. The molecule has 6 rings (SSSR count). The number of nitrogens with zero attached hydrogens (tertiary/aromatic N) is 1. The number of amides is 4. The molecule has 28 atom stereocenters. The van der Waals surface area contributed by atoms with Gasteiger partial charge >= 0.3 is 0 Å². The van der Waals surface area contributed by atoms with Crippen molar-refractivity contribution in [1.29, 1.82) is 0 Å². The molecule has 5 aliphatic heterocycles. The highest BCUT2D eigenvalue weighted by Crippen LogP contribution is 2.41. The molecule has 0 spiro atoms. The molecule has 2 unspecified atom stereocenters. The van der Waals surface area contributed by atoms with Gasteiger partial charge in [-0.15, -0.1) is 11.3 Å². The summed E-state index contributed by atoms with van der Waals surface area (Å²) in [5.41, 5.74) is 0.322. The van der Waals surface area contributed by atoms with Crippen LogP contribution in [0.2, 0.25) is 0 Å². The molecule has 0 saturated carbocycles. The number of aromatic nitrogens is 1. The number of nitrogens with one attached hydrogen (secondary N) is 4. The highest BCUT2D eigenvalue weighted by atomic mass is 32.1. The van der Waals surface area contributed by atoms with E-state index in [2.05, 4.69) is 33.2 Å². The van der Waals surface area contributed by atoms with Crippen molar-refractivity contribution in [3.8, 4) is 0 Å². The van der Waals surface area contributed by atoms with Gasteiger partial charge in [-0.1, -0.05) is 103 Å². The van der Waals surface area contributed by atoms with E-state index < -0.39 is 241 Å². The van der Waals surface area contributed by atoms with Crippen molar-refractivity contribution in [2.45, 2.75) is 308 Å². The van der Waals surface area contributed by atoms with Gasteiger partial charge in [0.25, 0.3) is 0 Å². The first-order valence-corrected chi connectivity index (χ1v) is 36.0. The maximum Gasteiger partial charge on any atom is 0.223 e. The number of carboxylic acid groups (broad SMARTS) is 1. The predicted molar refractivity (Wildman–Crippen MR) is 357 cm³/mol. The fourth-order valence-electron chi connectivity index (χ4n) is 12.9. The summed E-state index contributed by atoms with van der Waals surface area (Å²) in [4.78, 5) is 68.6.